The molecule has 1 fully saturated rings. The van der Waals surface area contributed by atoms with Crippen molar-refractivity contribution in [2.75, 3.05) is 19.6 Å². The Hall–Kier alpha value is -1.07. The molecule has 1 aliphatic heterocycles. The van der Waals surface area contributed by atoms with E-state index in [4.69, 9.17) is 0 Å². The van der Waals surface area contributed by atoms with Crippen LogP contribution in [0.15, 0.2) is 24.3 Å². The van der Waals surface area contributed by atoms with Crippen molar-refractivity contribution in [2.24, 2.45) is 0 Å². The molecule has 1 saturated heterocycles. The Kier molecular flexibility index (Phi) is 5.27. The number of halogens is 3. The highest BCUT2D eigenvalue weighted by Crippen LogP contribution is 2.21. The van der Waals surface area contributed by atoms with Crippen molar-refractivity contribution in [2.45, 2.75) is 44.9 Å². The van der Waals surface area contributed by atoms with E-state index in [2.05, 4.69) is 43.4 Å². The van der Waals surface area contributed by atoms with Gasteiger partial charge in [-0.1, -0.05) is 29.8 Å². The first-order valence-electron chi connectivity index (χ1n) is 7.45. The number of hydrogen-bond donors (Lipinski definition) is 1. The van der Waals surface area contributed by atoms with Gasteiger partial charge < -0.3 is 5.32 Å². The Labute approximate surface area is 124 Å². The predicted molar refractivity (Wildman–Crippen MR) is 78.2 cm³/mol. The molecule has 0 aromatic heterocycles. The highest BCUT2D eigenvalue weighted by Gasteiger charge is 2.32. The lowest BCUT2D eigenvalue weighted by molar-refractivity contribution is -0.148. The lowest BCUT2D eigenvalue weighted by Crippen LogP contribution is -2.46. The van der Waals surface area contributed by atoms with E-state index in [0.717, 1.165) is 12.8 Å². The van der Waals surface area contributed by atoms with Crippen molar-refractivity contribution >= 4 is 0 Å². The lowest BCUT2D eigenvalue weighted by Gasteiger charge is -2.34. The molecule has 0 saturated carbocycles. The first-order chi connectivity index (χ1) is 9.83. The Morgan fingerprint density at radius 2 is 1.76 bits per heavy atom. The Bertz CT molecular complexity index is 434. The van der Waals surface area contributed by atoms with E-state index in [1.807, 2.05) is 0 Å². The Morgan fingerprint density at radius 3 is 2.29 bits per heavy atom. The third-order valence-electron chi connectivity index (χ3n) is 4.05. The molecule has 1 aromatic carbocycles. The molecule has 0 amide bonds. The van der Waals surface area contributed by atoms with Crippen molar-refractivity contribution in [1.82, 2.24) is 10.2 Å². The average Bonchev–Trinajstić information content (AvgIpc) is 2.40. The van der Waals surface area contributed by atoms with Crippen LogP contribution in [0.3, 0.4) is 0 Å². The minimum atomic E-state index is -4.09. The third-order valence-corrected chi connectivity index (χ3v) is 4.05. The number of aryl methyl sites for hydroxylation is 1. The summed E-state index contributed by atoms with van der Waals surface area (Å²) in [5.74, 6) is 0. The maximum Gasteiger partial charge on any atom is 0.401 e. The van der Waals surface area contributed by atoms with Crippen LogP contribution in [0, 0.1) is 6.92 Å². The van der Waals surface area contributed by atoms with Crippen molar-refractivity contribution < 1.29 is 13.2 Å². The highest BCUT2D eigenvalue weighted by atomic mass is 19.4. The first kappa shape index (κ1) is 16.3. The van der Waals surface area contributed by atoms with E-state index in [1.165, 1.54) is 16.0 Å². The SMILES string of the molecule is Cc1ccc([C@H](C)NC2CCN(CC(F)(F)F)CC2)cc1. The molecule has 0 radical (unpaired) electrons. The number of likely N-dealkylation sites (tertiary alicyclic amines) is 1. The molecule has 0 bridgehead atoms. The third kappa shape index (κ3) is 5.32. The number of alkyl halides is 3. The van der Waals surface area contributed by atoms with E-state index in [0.29, 0.717) is 19.1 Å². The summed E-state index contributed by atoms with van der Waals surface area (Å²) in [4.78, 5) is 1.49. The summed E-state index contributed by atoms with van der Waals surface area (Å²) in [5.41, 5.74) is 2.45. The maximum absolute atomic E-state index is 12.3. The summed E-state index contributed by atoms with van der Waals surface area (Å²) in [6.45, 7) is 4.40. The number of nitrogens with zero attached hydrogens (tertiary/aromatic N) is 1. The van der Waals surface area contributed by atoms with Crippen molar-refractivity contribution in [3.63, 3.8) is 0 Å². The van der Waals surface area contributed by atoms with Crippen LogP contribution in [0.1, 0.15) is 36.9 Å². The number of rotatable bonds is 4. The van der Waals surface area contributed by atoms with Crippen molar-refractivity contribution in [1.29, 1.82) is 0 Å². The maximum atomic E-state index is 12.3. The Morgan fingerprint density at radius 1 is 1.19 bits per heavy atom. The quantitative estimate of drug-likeness (QED) is 0.912. The largest absolute Gasteiger partial charge is 0.401 e. The monoisotopic (exact) mass is 300 g/mol. The summed E-state index contributed by atoms with van der Waals surface area (Å²) in [7, 11) is 0. The summed E-state index contributed by atoms with van der Waals surface area (Å²) >= 11 is 0. The van der Waals surface area contributed by atoms with Crippen LogP contribution in [0.5, 0.6) is 0 Å². The molecule has 0 unspecified atom stereocenters. The standard InChI is InChI=1S/C16H23F3N2/c1-12-3-5-14(6-4-12)13(2)20-15-7-9-21(10-8-15)11-16(17,18)19/h3-6,13,15,20H,7-11H2,1-2H3/t13-/m0/s1. The molecular formula is C16H23F3N2. The van der Waals surface area contributed by atoms with E-state index < -0.39 is 12.7 Å². The second kappa shape index (κ2) is 6.79. The fraction of sp³-hybridized carbons (Fsp3) is 0.625. The van der Waals surface area contributed by atoms with Gasteiger partial charge in [0.15, 0.2) is 0 Å². The molecule has 1 atom stereocenters. The second-order valence-electron chi connectivity index (χ2n) is 5.96. The number of nitrogens with one attached hydrogen (secondary N) is 1. The summed E-state index contributed by atoms with van der Waals surface area (Å²) < 4.78 is 37.0. The smallest absolute Gasteiger partial charge is 0.307 e. The van der Waals surface area contributed by atoms with E-state index in [9.17, 15) is 13.2 Å². The molecule has 0 spiro atoms. The second-order valence-corrected chi connectivity index (χ2v) is 5.96. The van der Waals surface area contributed by atoms with Crippen LogP contribution < -0.4 is 5.32 Å². The molecule has 2 rings (SSSR count). The fourth-order valence-electron chi connectivity index (χ4n) is 2.82. The minimum absolute atomic E-state index is 0.227. The van der Waals surface area contributed by atoms with Gasteiger partial charge >= 0.3 is 6.18 Å². The van der Waals surface area contributed by atoms with Crippen LogP contribution in [-0.4, -0.2) is 36.8 Å². The van der Waals surface area contributed by atoms with Gasteiger partial charge in [0.2, 0.25) is 0 Å². The van der Waals surface area contributed by atoms with Gasteiger partial charge in [-0.05, 0) is 45.3 Å². The van der Waals surface area contributed by atoms with Crippen LogP contribution >= 0.6 is 0 Å². The van der Waals surface area contributed by atoms with Crippen molar-refractivity contribution in [3.05, 3.63) is 35.4 Å². The van der Waals surface area contributed by atoms with Crippen LogP contribution in [0.25, 0.3) is 0 Å². The highest BCUT2D eigenvalue weighted by molar-refractivity contribution is 5.23. The average molecular weight is 300 g/mol. The van der Waals surface area contributed by atoms with Gasteiger partial charge in [0.1, 0.15) is 0 Å². The molecular weight excluding hydrogens is 277 g/mol. The Balaban J connectivity index is 1.79. The van der Waals surface area contributed by atoms with Crippen LogP contribution in [0.4, 0.5) is 13.2 Å². The van der Waals surface area contributed by atoms with Gasteiger partial charge in [-0.25, -0.2) is 0 Å². The molecule has 1 N–H and O–H groups in total. The topological polar surface area (TPSA) is 15.3 Å². The molecule has 21 heavy (non-hydrogen) atoms. The molecule has 0 aliphatic carbocycles. The minimum Gasteiger partial charge on any atom is -0.307 e. The molecule has 2 nitrogen and oxygen atoms in total. The summed E-state index contributed by atoms with van der Waals surface area (Å²) in [6, 6.07) is 8.90. The van der Waals surface area contributed by atoms with Crippen LogP contribution in [-0.2, 0) is 0 Å². The van der Waals surface area contributed by atoms with Gasteiger partial charge in [0, 0.05) is 12.1 Å². The fourth-order valence-corrected chi connectivity index (χ4v) is 2.82. The molecule has 118 valence electrons. The molecule has 1 aromatic rings. The zero-order valence-electron chi connectivity index (χ0n) is 12.6. The van der Waals surface area contributed by atoms with Gasteiger partial charge in [-0.3, -0.25) is 4.90 Å². The molecule has 1 heterocycles. The number of piperidine rings is 1. The van der Waals surface area contributed by atoms with E-state index >= 15 is 0 Å². The van der Waals surface area contributed by atoms with E-state index in [-0.39, 0.29) is 6.04 Å². The lowest BCUT2D eigenvalue weighted by atomic mass is 10.0. The molecule has 1 aliphatic rings. The number of benzene rings is 1. The van der Waals surface area contributed by atoms with E-state index in [1.54, 1.807) is 0 Å². The first-order valence-corrected chi connectivity index (χ1v) is 7.45. The summed E-state index contributed by atoms with van der Waals surface area (Å²) in [5, 5.41) is 3.53. The van der Waals surface area contributed by atoms with Crippen molar-refractivity contribution in [3.8, 4) is 0 Å². The number of hydrogen-bond acceptors (Lipinski definition) is 2. The summed E-state index contributed by atoms with van der Waals surface area (Å²) in [6.07, 6.45) is -2.55. The van der Waals surface area contributed by atoms with Gasteiger partial charge in [0.05, 0.1) is 6.54 Å². The zero-order valence-corrected chi connectivity index (χ0v) is 12.6. The molecule has 5 heteroatoms. The van der Waals surface area contributed by atoms with Gasteiger partial charge in [-0.15, -0.1) is 0 Å². The zero-order chi connectivity index (χ0) is 15.5. The van der Waals surface area contributed by atoms with Crippen LogP contribution in [0.2, 0.25) is 0 Å². The normalized spacial score (nSPS) is 19.7. The van der Waals surface area contributed by atoms with Gasteiger partial charge in [-0.2, -0.15) is 13.2 Å². The van der Waals surface area contributed by atoms with Gasteiger partial charge in [0.25, 0.3) is 0 Å². The predicted octanol–water partition coefficient (Wildman–Crippen LogP) is 3.67.